The molecule has 0 aromatic rings. The van der Waals surface area contributed by atoms with Gasteiger partial charge in [0, 0.05) is 19.1 Å². The van der Waals surface area contributed by atoms with Crippen molar-refractivity contribution in [2.24, 2.45) is 5.92 Å². The summed E-state index contributed by atoms with van der Waals surface area (Å²) in [5.41, 5.74) is 0. The Morgan fingerprint density at radius 3 is 2.39 bits per heavy atom. The molecule has 1 fully saturated rings. The van der Waals surface area contributed by atoms with E-state index in [4.69, 9.17) is 4.74 Å². The predicted molar refractivity (Wildman–Crippen MR) is 92.0 cm³/mol. The minimum atomic E-state index is -0.768. The van der Waals surface area contributed by atoms with Crippen LogP contribution < -0.4 is 5.32 Å². The summed E-state index contributed by atoms with van der Waals surface area (Å²) in [4.78, 5) is 25.2. The van der Waals surface area contributed by atoms with E-state index < -0.39 is 12.0 Å². The van der Waals surface area contributed by atoms with Gasteiger partial charge in [0.25, 0.3) is 0 Å². The van der Waals surface area contributed by atoms with Gasteiger partial charge in [-0.25, -0.2) is 0 Å². The van der Waals surface area contributed by atoms with Crippen molar-refractivity contribution in [3.05, 3.63) is 0 Å². The molecule has 1 aliphatic heterocycles. The molecule has 1 saturated heterocycles. The number of carbonyl (C=O) groups excluding carboxylic acids is 1. The van der Waals surface area contributed by atoms with Crippen LogP contribution in [0.3, 0.4) is 0 Å². The molecule has 0 spiro atoms. The van der Waals surface area contributed by atoms with Crippen LogP contribution in [0.15, 0.2) is 0 Å². The van der Waals surface area contributed by atoms with E-state index >= 15 is 0 Å². The maximum Gasteiger partial charge on any atom is 0.320 e. The van der Waals surface area contributed by atoms with E-state index in [1.54, 1.807) is 0 Å². The summed E-state index contributed by atoms with van der Waals surface area (Å²) >= 11 is 0. The van der Waals surface area contributed by atoms with Gasteiger partial charge < -0.3 is 15.2 Å². The van der Waals surface area contributed by atoms with Crippen molar-refractivity contribution in [3.63, 3.8) is 0 Å². The summed E-state index contributed by atoms with van der Waals surface area (Å²) in [5, 5.41) is 12.1. The van der Waals surface area contributed by atoms with E-state index in [9.17, 15) is 14.7 Å². The average molecular weight is 351 g/mol. The van der Waals surface area contributed by atoms with Gasteiger partial charge >= 0.3 is 5.97 Å². The summed E-state index contributed by atoms with van der Waals surface area (Å²) in [7, 11) is 0. The van der Waals surface area contributed by atoms with E-state index in [2.05, 4.69) is 5.32 Å². The molecular weight excluding hydrogens is 320 g/mol. The van der Waals surface area contributed by atoms with Gasteiger partial charge in [0.05, 0.1) is 6.10 Å². The Kier molecular flexibility index (Phi) is 11.2. The number of hydrogen-bond acceptors (Lipinski definition) is 4. The lowest BCUT2D eigenvalue weighted by Crippen LogP contribution is -2.47. The van der Waals surface area contributed by atoms with Gasteiger partial charge in [-0.05, 0) is 52.6 Å². The maximum absolute atomic E-state index is 12.1. The average Bonchev–Trinajstić information content (AvgIpc) is 2.47. The zero-order valence-corrected chi connectivity index (χ0v) is 15.2. The fourth-order valence-corrected chi connectivity index (χ4v) is 2.81. The van der Waals surface area contributed by atoms with E-state index in [0.717, 1.165) is 19.3 Å². The topological polar surface area (TPSA) is 78.9 Å². The van der Waals surface area contributed by atoms with E-state index in [1.807, 2.05) is 25.7 Å². The highest BCUT2D eigenvalue weighted by Gasteiger charge is 2.30. The number of aliphatic carboxylic acids is 1. The number of likely N-dealkylation sites (tertiary alicyclic amines) is 1. The van der Waals surface area contributed by atoms with Crippen LogP contribution in [0.5, 0.6) is 0 Å². The summed E-state index contributed by atoms with van der Waals surface area (Å²) in [6.45, 7) is 8.53. The molecule has 1 unspecified atom stereocenters. The Morgan fingerprint density at radius 1 is 1.30 bits per heavy atom. The summed E-state index contributed by atoms with van der Waals surface area (Å²) in [5.74, 6) is -0.670. The number of amides is 1. The standard InChI is InChI=1S/C16H30N2O4.ClH/c1-4-14(16(20)21)18-9-6-13(7-10-18)15(19)17-8-5-11-22-12(2)3;/h12-14H,4-11H2,1-3H3,(H,17,19)(H,20,21);1H. The molecule has 0 radical (unpaired) electrons. The first-order valence-electron chi connectivity index (χ1n) is 8.31. The molecule has 1 atom stereocenters. The van der Waals surface area contributed by atoms with Crippen molar-refractivity contribution in [1.29, 1.82) is 0 Å². The third kappa shape index (κ3) is 7.99. The van der Waals surface area contributed by atoms with Gasteiger partial charge in [0.1, 0.15) is 6.04 Å². The number of carbonyl (C=O) groups is 2. The third-order valence-corrected chi connectivity index (χ3v) is 4.08. The molecule has 6 nitrogen and oxygen atoms in total. The Balaban J connectivity index is 0.00000484. The first-order valence-corrected chi connectivity index (χ1v) is 8.31. The SMILES string of the molecule is CCC(C(=O)O)N1CCC(C(=O)NCCCOC(C)C)CC1.Cl. The second-order valence-corrected chi connectivity index (χ2v) is 6.14. The molecular formula is C16H31ClN2O4. The van der Waals surface area contributed by atoms with Crippen LogP contribution in [-0.4, -0.2) is 60.3 Å². The van der Waals surface area contributed by atoms with Crippen LogP contribution in [0.2, 0.25) is 0 Å². The number of carboxylic acids is 1. The Labute approximate surface area is 145 Å². The lowest BCUT2D eigenvalue weighted by atomic mass is 9.94. The summed E-state index contributed by atoms with van der Waals surface area (Å²) in [6, 6.07) is -0.419. The van der Waals surface area contributed by atoms with Crippen LogP contribution >= 0.6 is 12.4 Å². The van der Waals surface area contributed by atoms with E-state index in [0.29, 0.717) is 32.7 Å². The van der Waals surface area contributed by atoms with Gasteiger partial charge in [-0.15, -0.1) is 12.4 Å². The molecule has 2 N–H and O–H groups in total. The van der Waals surface area contributed by atoms with Gasteiger partial charge in [0.15, 0.2) is 0 Å². The molecule has 7 heteroatoms. The largest absolute Gasteiger partial charge is 0.480 e. The molecule has 0 aromatic heterocycles. The molecule has 1 heterocycles. The molecule has 1 amide bonds. The lowest BCUT2D eigenvalue weighted by molar-refractivity contribution is -0.144. The van der Waals surface area contributed by atoms with Crippen molar-refractivity contribution in [1.82, 2.24) is 10.2 Å². The second kappa shape index (κ2) is 11.6. The second-order valence-electron chi connectivity index (χ2n) is 6.14. The molecule has 0 bridgehead atoms. The molecule has 1 aliphatic rings. The molecule has 1 rings (SSSR count). The highest BCUT2D eigenvalue weighted by atomic mass is 35.5. The number of halogens is 1. The van der Waals surface area contributed by atoms with Gasteiger partial charge in [-0.3, -0.25) is 14.5 Å². The molecule has 136 valence electrons. The molecule has 0 aromatic carbocycles. The van der Waals surface area contributed by atoms with Crippen molar-refractivity contribution < 1.29 is 19.4 Å². The Hall–Kier alpha value is -0.850. The quantitative estimate of drug-likeness (QED) is 0.621. The number of carboxylic acid groups (broad SMARTS) is 1. The van der Waals surface area contributed by atoms with E-state index in [1.165, 1.54) is 0 Å². The molecule has 23 heavy (non-hydrogen) atoms. The number of rotatable bonds is 9. The normalized spacial score (nSPS) is 17.6. The monoisotopic (exact) mass is 350 g/mol. The van der Waals surface area contributed by atoms with E-state index in [-0.39, 0.29) is 30.3 Å². The number of nitrogens with one attached hydrogen (secondary N) is 1. The van der Waals surface area contributed by atoms with Gasteiger partial charge in [-0.1, -0.05) is 6.92 Å². The van der Waals surface area contributed by atoms with Crippen molar-refractivity contribution in [3.8, 4) is 0 Å². The van der Waals surface area contributed by atoms with Gasteiger partial charge in [-0.2, -0.15) is 0 Å². The van der Waals surface area contributed by atoms with Crippen LogP contribution in [0.4, 0.5) is 0 Å². The van der Waals surface area contributed by atoms with Crippen molar-refractivity contribution in [2.45, 2.75) is 58.6 Å². The summed E-state index contributed by atoms with van der Waals surface area (Å²) < 4.78 is 5.43. The minimum absolute atomic E-state index is 0. The highest BCUT2D eigenvalue weighted by Crippen LogP contribution is 2.20. The van der Waals surface area contributed by atoms with Crippen LogP contribution in [0.1, 0.15) is 46.5 Å². The molecule has 0 aliphatic carbocycles. The van der Waals surface area contributed by atoms with Crippen LogP contribution in [0.25, 0.3) is 0 Å². The smallest absolute Gasteiger partial charge is 0.320 e. The summed E-state index contributed by atoms with van der Waals surface area (Å²) in [6.07, 6.45) is 3.11. The molecule has 0 saturated carbocycles. The third-order valence-electron chi connectivity index (χ3n) is 4.08. The first-order chi connectivity index (χ1) is 10.5. The first kappa shape index (κ1) is 22.1. The van der Waals surface area contributed by atoms with Crippen LogP contribution in [-0.2, 0) is 14.3 Å². The lowest BCUT2D eigenvalue weighted by Gasteiger charge is -2.34. The van der Waals surface area contributed by atoms with Crippen LogP contribution in [0, 0.1) is 5.92 Å². The number of piperidine rings is 1. The number of nitrogens with zero attached hydrogens (tertiary/aromatic N) is 1. The number of hydrogen-bond donors (Lipinski definition) is 2. The van der Waals surface area contributed by atoms with Crippen molar-refractivity contribution >= 4 is 24.3 Å². The highest BCUT2D eigenvalue weighted by molar-refractivity contribution is 5.85. The Bertz CT molecular complexity index is 358. The van der Waals surface area contributed by atoms with Crippen molar-refractivity contribution in [2.75, 3.05) is 26.2 Å². The predicted octanol–water partition coefficient (Wildman–Crippen LogP) is 1.91. The fraction of sp³-hybridized carbons (Fsp3) is 0.875. The zero-order valence-electron chi connectivity index (χ0n) is 14.4. The minimum Gasteiger partial charge on any atom is -0.480 e. The zero-order chi connectivity index (χ0) is 16.5. The maximum atomic E-state index is 12.1. The fourth-order valence-electron chi connectivity index (χ4n) is 2.81. The number of ether oxygens (including phenoxy) is 1. The van der Waals surface area contributed by atoms with Gasteiger partial charge in [0.2, 0.25) is 5.91 Å². The Morgan fingerprint density at radius 2 is 1.91 bits per heavy atom.